The maximum atomic E-state index is 12.2. The standard InChI is InChI=1S/C15H25NO4/c17-14(4-3-13-2-1-9-18-13)16-7-5-12(6-8-16)15-19-10-11-20-15/h12-13,15H,1-11H2. The molecule has 3 heterocycles. The van der Waals surface area contributed by atoms with Gasteiger partial charge in [-0.15, -0.1) is 0 Å². The van der Waals surface area contributed by atoms with Crippen molar-refractivity contribution in [3.05, 3.63) is 0 Å². The highest BCUT2D eigenvalue weighted by Gasteiger charge is 2.31. The Morgan fingerprint density at radius 3 is 2.40 bits per heavy atom. The van der Waals surface area contributed by atoms with Crippen LogP contribution in [0.1, 0.15) is 38.5 Å². The molecule has 1 unspecified atom stereocenters. The van der Waals surface area contributed by atoms with Crippen LogP contribution in [-0.2, 0) is 19.0 Å². The highest BCUT2D eigenvalue weighted by molar-refractivity contribution is 5.76. The quantitative estimate of drug-likeness (QED) is 0.785. The van der Waals surface area contributed by atoms with Crippen LogP contribution in [0.5, 0.6) is 0 Å². The molecule has 3 fully saturated rings. The summed E-state index contributed by atoms with van der Waals surface area (Å²) in [6.07, 6.45) is 6.06. The van der Waals surface area contributed by atoms with Gasteiger partial charge < -0.3 is 19.1 Å². The molecule has 0 aromatic heterocycles. The van der Waals surface area contributed by atoms with Gasteiger partial charge in [0, 0.05) is 32.0 Å². The molecule has 0 aromatic rings. The van der Waals surface area contributed by atoms with E-state index in [1.54, 1.807) is 0 Å². The SMILES string of the molecule is O=C(CCC1CCCO1)N1CCC(C2OCCO2)CC1. The molecule has 0 radical (unpaired) electrons. The molecule has 1 atom stereocenters. The van der Waals surface area contributed by atoms with E-state index in [1.807, 2.05) is 4.90 Å². The first-order valence-corrected chi connectivity index (χ1v) is 7.95. The van der Waals surface area contributed by atoms with Gasteiger partial charge in [0.2, 0.25) is 5.91 Å². The van der Waals surface area contributed by atoms with Gasteiger partial charge in [-0.3, -0.25) is 4.79 Å². The summed E-state index contributed by atoms with van der Waals surface area (Å²) in [5.41, 5.74) is 0. The lowest BCUT2D eigenvalue weighted by Crippen LogP contribution is -2.41. The zero-order valence-electron chi connectivity index (χ0n) is 12.1. The molecule has 3 rings (SSSR count). The smallest absolute Gasteiger partial charge is 0.222 e. The minimum absolute atomic E-state index is 0.0286. The summed E-state index contributed by atoms with van der Waals surface area (Å²) < 4.78 is 16.7. The van der Waals surface area contributed by atoms with E-state index >= 15 is 0 Å². The molecule has 5 heteroatoms. The average molecular weight is 283 g/mol. The predicted molar refractivity (Wildman–Crippen MR) is 73.2 cm³/mol. The number of amides is 1. The van der Waals surface area contributed by atoms with Crippen molar-refractivity contribution in [3.8, 4) is 0 Å². The Balaban J connectivity index is 1.37. The Bertz CT molecular complexity index is 316. The summed E-state index contributed by atoms with van der Waals surface area (Å²) in [5.74, 6) is 0.743. The van der Waals surface area contributed by atoms with E-state index in [2.05, 4.69) is 0 Å². The third kappa shape index (κ3) is 3.51. The third-order valence-corrected chi connectivity index (χ3v) is 4.63. The second-order valence-electron chi connectivity index (χ2n) is 6.00. The van der Waals surface area contributed by atoms with Crippen molar-refractivity contribution in [2.45, 2.75) is 50.9 Å². The van der Waals surface area contributed by atoms with E-state index in [4.69, 9.17) is 14.2 Å². The normalized spacial score (nSPS) is 29.2. The molecule has 3 saturated heterocycles. The average Bonchev–Trinajstić information content (AvgIpc) is 3.18. The molecule has 0 bridgehead atoms. The van der Waals surface area contributed by atoms with E-state index in [0.29, 0.717) is 31.7 Å². The zero-order chi connectivity index (χ0) is 13.8. The number of carbonyl (C=O) groups is 1. The Labute approximate surface area is 120 Å². The van der Waals surface area contributed by atoms with Crippen LogP contribution in [0.2, 0.25) is 0 Å². The van der Waals surface area contributed by atoms with E-state index in [0.717, 1.165) is 51.8 Å². The summed E-state index contributed by atoms with van der Waals surface area (Å²) in [6.45, 7) is 3.98. The van der Waals surface area contributed by atoms with Crippen molar-refractivity contribution in [1.29, 1.82) is 0 Å². The predicted octanol–water partition coefficient (Wildman–Crippen LogP) is 1.56. The molecule has 0 saturated carbocycles. The topological polar surface area (TPSA) is 48.0 Å². The van der Waals surface area contributed by atoms with Crippen LogP contribution in [-0.4, -0.2) is 56.1 Å². The van der Waals surface area contributed by atoms with E-state index in [-0.39, 0.29) is 12.2 Å². The fraction of sp³-hybridized carbons (Fsp3) is 0.933. The van der Waals surface area contributed by atoms with Crippen LogP contribution in [0.3, 0.4) is 0 Å². The van der Waals surface area contributed by atoms with Crippen LogP contribution in [0, 0.1) is 5.92 Å². The summed E-state index contributed by atoms with van der Waals surface area (Å²) in [4.78, 5) is 14.2. The van der Waals surface area contributed by atoms with Gasteiger partial charge in [0.25, 0.3) is 0 Å². The number of hydrogen-bond acceptors (Lipinski definition) is 4. The van der Waals surface area contributed by atoms with Gasteiger partial charge in [-0.2, -0.15) is 0 Å². The van der Waals surface area contributed by atoms with Gasteiger partial charge in [-0.25, -0.2) is 0 Å². The summed E-state index contributed by atoms with van der Waals surface area (Å²) in [6, 6.07) is 0. The minimum Gasteiger partial charge on any atom is -0.378 e. The molecule has 3 aliphatic rings. The molecule has 3 aliphatic heterocycles. The maximum Gasteiger partial charge on any atom is 0.222 e. The van der Waals surface area contributed by atoms with Crippen LogP contribution in [0.4, 0.5) is 0 Å². The second-order valence-corrected chi connectivity index (χ2v) is 6.00. The fourth-order valence-electron chi connectivity index (χ4n) is 3.38. The van der Waals surface area contributed by atoms with Crippen molar-refractivity contribution in [1.82, 2.24) is 4.90 Å². The molecular weight excluding hydrogens is 258 g/mol. The van der Waals surface area contributed by atoms with Gasteiger partial charge >= 0.3 is 0 Å². The first kappa shape index (κ1) is 14.3. The van der Waals surface area contributed by atoms with Crippen LogP contribution in [0.25, 0.3) is 0 Å². The van der Waals surface area contributed by atoms with Gasteiger partial charge in [0.1, 0.15) is 0 Å². The van der Waals surface area contributed by atoms with E-state index < -0.39 is 0 Å². The largest absolute Gasteiger partial charge is 0.378 e. The van der Waals surface area contributed by atoms with Gasteiger partial charge in [0.15, 0.2) is 6.29 Å². The lowest BCUT2D eigenvalue weighted by Gasteiger charge is -2.34. The molecule has 114 valence electrons. The lowest BCUT2D eigenvalue weighted by molar-refractivity contribution is -0.137. The van der Waals surface area contributed by atoms with Crippen molar-refractivity contribution in [2.24, 2.45) is 5.92 Å². The highest BCUT2D eigenvalue weighted by Crippen LogP contribution is 2.26. The molecule has 0 aromatic carbocycles. The Morgan fingerprint density at radius 1 is 1.00 bits per heavy atom. The summed E-state index contributed by atoms with van der Waals surface area (Å²) >= 11 is 0. The van der Waals surface area contributed by atoms with E-state index in [1.165, 1.54) is 0 Å². The third-order valence-electron chi connectivity index (χ3n) is 4.63. The molecular formula is C15H25NO4. The van der Waals surface area contributed by atoms with Gasteiger partial charge in [-0.1, -0.05) is 0 Å². The number of rotatable bonds is 4. The van der Waals surface area contributed by atoms with Crippen LogP contribution < -0.4 is 0 Å². The van der Waals surface area contributed by atoms with Crippen molar-refractivity contribution >= 4 is 5.91 Å². The minimum atomic E-state index is -0.0286. The number of likely N-dealkylation sites (tertiary alicyclic amines) is 1. The first-order valence-electron chi connectivity index (χ1n) is 7.95. The second kappa shape index (κ2) is 6.87. The van der Waals surface area contributed by atoms with Gasteiger partial charge in [-0.05, 0) is 32.1 Å². The van der Waals surface area contributed by atoms with Crippen LogP contribution in [0.15, 0.2) is 0 Å². The van der Waals surface area contributed by atoms with Crippen molar-refractivity contribution < 1.29 is 19.0 Å². The lowest BCUT2D eigenvalue weighted by atomic mass is 9.96. The van der Waals surface area contributed by atoms with Gasteiger partial charge in [0.05, 0.1) is 19.3 Å². The number of hydrogen-bond donors (Lipinski definition) is 0. The van der Waals surface area contributed by atoms with Crippen molar-refractivity contribution in [3.63, 3.8) is 0 Å². The molecule has 20 heavy (non-hydrogen) atoms. The number of nitrogens with zero attached hydrogens (tertiary/aromatic N) is 1. The molecule has 0 aliphatic carbocycles. The molecule has 1 amide bonds. The Kier molecular flexibility index (Phi) is 4.91. The zero-order valence-corrected chi connectivity index (χ0v) is 12.1. The summed E-state index contributed by atoms with van der Waals surface area (Å²) in [5, 5.41) is 0. The van der Waals surface area contributed by atoms with Crippen molar-refractivity contribution in [2.75, 3.05) is 32.9 Å². The number of ether oxygens (including phenoxy) is 3. The maximum absolute atomic E-state index is 12.2. The molecule has 5 nitrogen and oxygen atoms in total. The van der Waals surface area contributed by atoms with Crippen LogP contribution >= 0.6 is 0 Å². The Morgan fingerprint density at radius 2 is 1.75 bits per heavy atom. The monoisotopic (exact) mass is 283 g/mol. The number of piperidine rings is 1. The summed E-state index contributed by atoms with van der Waals surface area (Å²) in [7, 11) is 0. The number of carbonyl (C=O) groups excluding carboxylic acids is 1. The molecule has 0 N–H and O–H groups in total. The highest BCUT2D eigenvalue weighted by atomic mass is 16.7. The first-order chi connectivity index (χ1) is 9.83. The van der Waals surface area contributed by atoms with E-state index in [9.17, 15) is 4.79 Å². The Hall–Kier alpha value is -0.650. The fourth-order valence-corrected chi connectivity index (χ4v) is 3.38. The molecule has 0 spiro atoms.